The zero-order valence-electron chi connectivity index (χ0n) is 34.4. The number of carbonyl (C=O) groups excluding carboxylic acids is 1. The van der Waals surface area contributed by atoms with Crippen LogP contribution in [-0.4, -0.2) is 44.0 Å². The number of ether oxygens (including phenoxy) is 2. The highest BCUT2D eigenvalue weighted by Crippen LogP contribution is 2.38. The van der Waals surface area contributed by atoms with E-state index in [4.69, 9.17) is 19.4 Å². The number of hydrogen-bond donors (Lipinski definition) is 3. The van der Waals surface area contributed by atoms with E-state index in [1.165, 1.54) is 6.07 Å². The Balaban J connectivity index is 0.000000421. The molecule has 0 saturated heterocycles. The van der Waals surface area contributed by atoms with Crippen molar-refractivity contribution in [1.29, 1.82) is 0 Å². The summed E-state index contributed by atoms with van der Waals surface area (Å²) in [6, 6.07) is 63.8. The fourth-order valence-electron chi connectivity index (χ4n) is 7.14. The number of aromatic amines is 2. The summed E-state index contributed by atoms with van der Waals surface area (Å²) in [5, 5.41) is 9.19. The van der Waals surface area contributed by atoms with Crippen molar-refractivity contribution in [2.24, 2.45) is 0 Å². The van der Waals surface area contributed by atoms with Gasteiger partial charge in [-0.05, 0) is 36.4 Å². The summed E-state index contributed by atoms with van der Waals surface area (Å²) >= 11 is 0. The number of hydrogen-bond acceptors (Lipinski definition) is 6. The van der Waals surface area contributed by atoms with Crippen molar-refractivity contribution in [2.45, 2.75) is 19.8 Å². The third kappa shape index (κ3) is 9.56. The molecule has 9 aromatic rings. The van der Waals surface area contributed by atoms with Crippen molar-refractivity contribution in [3.63, 3.8) is 0 Å². The van der Waals surface area contributed by atoms with Crippen LogP contribution in [0.25, 0.3) is 67.8 Å². The standard InChI is InChI=1S/C45H36N4O2.C9H10O2/c1-5-18-32(19-6-1)40-41(33-20-7-2-8-21-33)47-44(46-40)36-26-13-15-28-38(36)50-30-17-31-51-39-29-16-14-27-37(39)45-48-42(34-22-9-3-10-23-34)43(49-45)35-24-11-4-12-25-35;1-2-8(10)7-5-3-4-6-9(7)11/h1-16,18-29H,17,30-31H2,(H,46,47)(H,48,49);3-6,11H,2H2,1H3. The predicted octanol–water partition coefficient (Wildman–Crippen LogP) is 13.0. The Hall–Kier alpha value is -7.97. The van der Waals surface area contributed by atoms with Crippen molar-refractivity contribution < 1.29 is 19.4 Å². The van der Waals surface area contributed by atoms with Gasteiger partial charge in [0.1, 0.15) is 28.9 Å². The first kappa shape index (κ1) is 40.8. The van der Waals surface area contributed by atoms with Crippen LogP contribution in [-0.2, 0) is 0 Å². The number of aromatic nitrogens is 4. The SMILES string of the molecule is CCC(=O)c1ccccc1O.c1ccc(-c2nc(-c3ccccc3OCCCOc3ccccc3-c3nc(-c4ccccc4)c(-c4ccccc4)[nH]3)[nH]c2-c2ccccc2)cc1. The lowest BCUT2D eigenvalue weighted by Gasteiger charge is -2.12. The molecule has 0 radical (unpaired) electrons. The zero-order valence-corrected chi connectivity index (χ0v) is 34.4. The Bertz CT molecular complexity index is 2560. The second-order valence-electron chi connectivity index (χ2n) is 14.4. The molecule has 8 heteroatoms. The molecule has 0 aliphatic heterocycles. The van der Waals surface area contributed by atoms with Gasteiger partial charge in [0.25, 0.3) is 0 Å². The van der Waals surface area contributed by atoms with Gasteiger partial charge in [0.2, 0.25) is 0 Å². The van der Waals surface area contributed by atoms with E-state index < -0.39 is 0 Å². The van der Waals surface area contributed by atoms with Crippen LogP contribution >= 0.6 is 0 Å². The van der Waals surface area contributed by atoms with E-state index in [2.05, 4.69) is 58.5 Å². The van der Waals surface area contributed by atoms with Crippen molar-refractivity contribution in [1.82, 2.24) is 19.9 Å². The van der Waals surface area contributed by atoms with Crippen molar-refractivity contribution in [3.8, 4) is 85.1 Å². The number of ketones is 1. The molecular formula is C54H46N4O4. The van der Waals surface area contributed by atoms with Gasteiger partial charge in [0.15, 0.2) is 5.78 Å². The van der Waals surface area contributed by atoms with E-state index in [0.29, 0.717) is 31.6 Å². The first-order valence-corrected chi connectivity index (χ1v) is 20.7. The van der Waals surface area contributed by atoms with Crippen LogP contribution in [0.4, 0.5) is 0 Å². The molecule has 3 N–H and O–H groups in total. The number of benzene rings is 7. The molecule has 2 heterocycles. The van der Waals surface area contributed by atoms with E-state index in [1.807, 2.05) is 121 Å². The minimum atomic E-state index is -0.0249. The average molecular weight is 815 g/mol. The van der Waals surface area contributed by atoms with Crippen molar-refractivity contribution >= 4 is 5.78 Å². The predicted molar refractivity (Wildman–Crippen MR) is 248 cm³/mol. The summed E-state index contributed by atoms with van der Waals surface area (Å²) in [4.78, 5) is 28.4. The Morgan fingerprint density at radius 1 is 0.484 bits per heavy atom. The molecular weight excluding hydrogens is 769 g/mol. The van der Waals surface area contributed by atoms with Crippen LogP contribution in [0.15, 0.2) is 194 Å². The molecule has 0 fully saturated rings. The molecule has 2 aromatic heterocycles. The lowest BCUT2D eigenvalue weighted by atomic mass is 10.1. The smallest absolute Gasteiger partial charge is 0.166 e. The van der Waals surface area contributed by atoms with E-state index in [9.17, 15) is 9.90 Å². The number of imidazole rings is 2. The highest BCUT2D eigenvalue weighted by molar-refractivity contribution is 5.98. The maximum atomic E-state index is 11.1. The molecule has 0 amide bonds. The highest BCUT2D eigenvalue weighted by Gasteiger charge is 2.19. The lowest BCUT2D eigenvalue weighted by molar-refractivity contribution is 0.0985. The first-order chi connectivity index (χ1) is 30.6. The number of Topliss-reactive ketones (excluding diaryl/α,β-unsaturated/α-hetero) is 1. The van der Waals surface area contributed by atoms with E-state index in [1.54, 1.807) is 25.1 Å². The summed E-state index contributed by atoms with van der Waals surface area (Å²) in [6.07, 6.45) is 1.12. The third-order valence-electron chi connectivity index (χ3n) is 10.2. The summed E-state index contributed by atoms with van der Waals surface area (Å²) in [5.41, 5.74) is 10.2. The highest BCUT2D eigenvalue weighted by atomic mass is 16.5. The van der Waals surface area contributed by atoms with Crippen LogP contribution in [0.3, 0.4) is 0 Å². The van der Waals surface area contributed by atoms with Gasteiger partial charge < -0.3 is 24.5 Å². The minimum Gasteiger partial charge on any atom is -0.507 e. The zero-order chi connectivity index (χ0) is 42.5. The van der Waals surface area contributed by atoms with Gasteiger partial charge in [-0.15, -0.1) is 0 Å². The minimum absolute atomic E-state index is 0.0249. The number of phenolic OH excluding ortho intramolecular Hbond substituents is 1. The van der Waals surface area contributed by atoms with Crippen LogP contribution in [0, 0.1) is 0 Å². The van der Waals surface area contributed by atoms with Crippen LogP contribution in [0.2, 0.25) is 0 Å². The average Bonchev–Trinajstić information content (AvgIpc) is 4.00. The topological polar surface area (TPSA) is 113 Å². The second-order valence-corrected chi connectivity index (χ2v) is 14.4. The number of aromatic hydroxyl groups is 1. The van der Waals surface area contributed by atoms with E-state index in [0.717, 1.165) is 79.3 Å². The van der Waals surface area contributed by atoms with Crippen molar-refractivity contribution in [3.05, 3.63) is 200 Å². The molecule has 0 saturated carbocycles. The number of nitrogens with zero attached hydrogens (tertiary/aromatic N) is 2. The number of rotatable bonds is 14. The number of nitrogens with one attached hydrogen (secondary N) is 2. The van der Waals surface area contributed by atoms with E-state index >= 15 is 0 Å². The van der Waals surface area contributed by atoms with Crippen LogP contribution in [0.1, 0.15) is 30.1 Å². The largest absolute Gasteiger partial charge is 0.507 e. The molecule has 0 bridgehead atoms. The van der Waals surface area contributed by atoms with Gasteiger partial charge >= 0.3 is 0 Å². The number of phenols is 1. The Morgan fingerprint density at radius 3 is 1.27 bits per heavy atom. The monoisotopic (exact) mass is 814 g/mol. The molecule has 0 spiro atoms. The summed E-state index contributed by atoms with van der Waals surface area (Å²) in [5.74, 6) is 3.10. The normalized spacial score (nSPS) is 10.7. The Kier molecular flexibility index (Phi) is 13.1. The lowest BCUT2D eigenvalue weighted by Crippen LogP contribution is -2.06. The maximum Gasteiger partial charge on any atom is 0.166 e. The van der Waals surface area contributed by atoms with Gasteiger partial charge in [-0.3, -0.25) is 4.79 Å². The number of H-pyrrole nitrogens is 2. The van der Waals surface area contributed by atoms with Gasteiger partial charge in [0.05, 0.1) is 52.7 Å². The Morgan fingerprint density at radius 2 is 0.855 bits per heavy atom. The van der Waals surface area contributed by atoms with Crippen molar-refractivity contribution in [2.75, 3.05) is 13.2 Å². The summed E-state index contributed by atoms with van der Waals surface area (Å²) in [6.45, 7) is 2.73. The molecule has 306 valence electrons. The quantitative estimate of drug-likeness (QED) is 0.0744. The van der Waals surface area contributed by atoms with Crippen LogP contribution in [0.5, 0.6) is 17.2 Å². The summed E-state index contributed by atoms with van der Waals surface area (Å²) < 4.78 is 12.7. The fourth-order valence-corrected chi connectivity index (χ4v) is 7.14. The molecule has 0 atom stereocenters. The summed E-state index contributed by atoms with van der Waals surface area (Å²) in [7, 11) is 0. The van der Waals surface area contributed by atoms with E-state index in [-0.39, 0.29) is 11.5 Å². The third-order valence-corrected chi connectivity index (χ3v) is 10.2. The molecule has 0 aliphatic carbocycles. The Labute approximate surface area is 361 Å². The fraction of sp³-hybridized carbons (Fsp3) is 0.0926. The van der Waals surface area contributed by atoms with Gasteiger partial charge in [0, 0.05) is 35.1 Å². The maximum absolute atomic E-state index is 11.1. The molecule has 7 aromatic carbocycles. The number of carbonyl (C=O) groups is 1. The second kappa shape index (κ2) is 19.9. The van der Waals surface area contributed by atoms with Gasteiger partial charge in [-0.1, -0.05) is 165 Å². The number of para-hydroxylation sites is 3. The molecule has 0 aliphatic rings. The van der Waals surface area contributed by atoms with Crippen LogP contribution < -0.4 is 9.47 Å². The van der Waals surface area contributed by atoms with Gasteiger partial charge in [-0.2, -0.15) is 0 Å². The molecule has 62 heavy (non-hydrogen) atoms. The molecule has 9 rings (SSSR count). The molecule has 8 nitrogen and oxygen atoms in total. The molecule has 0 unspecified atom stereocenters. The van der Waals surface area contributed by atoms with Gasteiger partial charge in [-0.25, -0.2) is 9.97 Å². The first-order valence-electron chi connectivity index (χ1n) is 20.7.